The maximum atomic E-state index is 12.1. The van der Waals surface area contributed by atoms with Crippen LogP contribution in [0.25, 0.3) is 5.69 Å². The molecule has 0 atom stereocenters. The first-order chi connectivity index (χ1) is 12.2. The Bertz CT molecular complexity index is 856. The Morgan fingerprint density at radius 1 is 1.23 bits per heavy atom. The number of nitrogens with zero attached hydrogens (tertiary/aromatic N) is 3. The molecule has 0 N–H and O–H groups in total. The molecule has 0 aliphatic rings. The second kappa shape index (κ2) is 7.85. The molecule has 6 nitrogen and oxygen atoms in total. The number of ketones is 1. The number of allylic oxidation sites excluding steroid dienone is 1. The number of ether oxygens (including phenoxy) is 1. The molecule has 26 heavy (non-hydrogen) atoms. The molecule has 0 aliphatic carbocycles. The number of carbonyl (C=O) groups excluding carboxylic acids is 1. The molecule has 0 fully saturated rings. The van der Waals surface area contributed by atoms with E-state index in [1.165, 1.54) is 53.5 Å². The number of rotatable bonds is 6. The monoisotopic (exact) mass is 367 g/mol. The molecular formula is C17H16F3N3O3. The largest absolute Gasteiger partial charge is 0.484 e. The molecule has 0 saturated heterocycles. The minimum Gasteiger partial charge on any atom is -0.484 e. The number of aromatic nitrogens is 2. The van der Waals surface area contributed by atoms with Gasteiger partial charge in [0.15, 0.2) is 12.3 Å². The van der Waals surface area contributed by atoms with Crippen LogP contribution < -0.4 is 10.2 Å². The Kier molecular flexibility index (Phi) is 5.81. The summed E-state index contributed by atoms with van der Waals surface area (Å²) in [5.41, 5.74) is -0.335. The molecule has 138 valence electrons. The average Bonchev–Trinajstić information content (AvgIpc) is 2.58. The zero-order valence-electron chi connectivity index (χ0n) is 14.0. The summed E-state index contributed by atoms with van der Waals surface area (Å²) >= 11 is 0. The van der Waals surface area contributed by atoms with E-state index in [2.05, 4.69) is 9.84 Å². The fourth-order valence-corrected chi connectivity index (χ4v) is 1.88. The summed E-state index contributed by atoms with van der Waals surface area (Å²) in [6, 6.07) is 6.81. The van der Waals surface area contributed by atoms with E-state index in [0.717, 1.165) is 0 Å². The van der Waals surface area contributed by atoms with E-state index in [9.17, 15) is 22.8 Å². The summed E-state index contributed by atoms with van der Waals surface area (Å²) in [6.07, 6.45) is -0.343. The van der Waals surface area contributed by atoms with Crippen LogP contribution in [0.1, 0.15) is 10.5 Å². The summed E-state index contributed by atoms with van der Waals surface area (Å²) in [5, 5.41) is 4.00. The van der Waals surface area contributed by atoms with E-state index in [-0.39, 0.29) is 11.4 Å². The summed E-state index contributed by atoms with van der Waals surface area (Å²) < 4.78 is 42.3. The highest BCUT2D eigenvalue weighted by Gasteiger charge is 2.28. The van der Waals surface area contributed by atoms with Crippen LogP contribution >= 0.6 is 0 Å². The van der Waals surface area contributed by atoms with Crippen molar-refractivity contribution in [3.63, 3.8) is 0 Å². The number of hydrogen-bond acceptors (Lipinski definition) is 5. The van der Waals surface area contributed by atoms with Crippen LogP contribution in [0.15, 0.2) is 53.6 Å². The van der Waals surface area contributed by atoms with Crippen LogP contribution in [0.2, 0.25) is 0 Å². The van der Waals surface area contributed by atoms with Crippen molar-refractivity contribution < 1.29 is 22.7 Å². The molecule has 0 saturated carbocycles. The van der Waals surface area contributed by atoms with Crippen molar-refractivity contribution in [2.24, 2.45) is 0 Å². The minimum atomic E-state index is -4.42. The van der Waals surface area contributed by atoms with Crippen molar-refractivity contribution in [1.29, 1.82) is 0 Å². The second-order valence-corrected chi connectivity index (χ2v) is 5.51. The smallest absolute Gasteiger partial charge is 0.422 e. The number of halogens is 3. The first kappa shape index (κ1) is 19.2. The predicted octanol–water partition coefficient (Wildman–Crippen LogP) is 2.43. The van der Waals surface area contributed by atoms with Gasteiger partial charge in [0.05, 0.1) is 5.69 Å². The number of hydrogen-bond donors (Lipinski definition) is 0. The van der Waals surface area contributed by atoms with E-state index in [1.807, 2.05) is 0 Å². The fourth-order valence-electron chi connectivity index (χ4n) is 1.88. The van der Waals surface area contributed by atoms with Crippen molar-refractivity contribution in [3.8, 4) is 11.4 Å². The van der Waals surface area contributed by atoms with Crippen molar-refractivity contribution in [2.75, 3.05) is 20.7 Å². The molecular weight excluding hydrogens is 351 g/mol. The molecule has 0 amide bonds. The molecule has 1 aromatic heterocycles. The van der Waals surface area contributed by atoms with Crippen LogP contribution in [0, 0.1) is 0 Å². The van der Waals surface area contributed by atoms with Crippen LogP contribution in [-0.2, 0) is 0 Å². The zero-order valence-corrected chi connectivity index (χ0v) is 14.0. The van der Waals surface area contributed by atoms with E-state index in [0.29, 0.717) is 5.69 Å². The lowest BCUT2D eigenvalue weighted by Gasteiger charge is -2.10. The van der Waals surface area contributed by atoms with Gasteiger partial charge in [-0.15, -0.1) is 0 Å². The molecule has 0 unspecified atom stereocenters. The predicted molar refractivity (Wildman–Crippen MR) is 88.5 cm³/mol. The van der Waals surface area contributed by atoms with Gasteiger partial charge in [-0.2, -0.15) is 18.3 Å². The number of alkyl halides is 3. The molecule has 0 radical (unpaired) electrons. The molecule has 0 spiro atoms. The Hall–Kier alpha value is -3.10. The van der Waals surface area contributed by atoms with Gasteiger partial charge in [-0.05, 0) is 24.3 Å². The van der Waals surface area contributed by atoms with Gasteiger partial charge in [0.1, 0.15) is 5.75 Å². The lowest BCUT2D eigenvalue weighted by molar-refractivity contribution is -0.153. The number of benzene rings is 1. The van der Waals surface area contributed by atoms with Gasteiger partial charge in [0.2, 0.25) is 11.2 Å². The van der Waals surface area contributed by atoms with Crippen LogP contribution in [-0.4, -0.2) is 47.3 Å². The number of carbonyl (C=O) groups is 1. The van der Waals surface area contributed by atoms with Crippen molar-refractivity contribution in [1.82, 2.24) is 14.7 Å². The summed E-state index contributed by atoms with van der Waals surface area (Å²) in [6.45, 7) is -1.39. The van der Waals surface area contributed by atoms with E-state index in [1.54, 1.807) is 19.0 Å². The maximum Gasteiger partial charge on any atom is 0.422 e. The summed E-state index contributed by atoms with van der Waals surface area (Å²) in [7, 11) is 3.45. The Morgan fingerprint density at radius 2 is 1.88 bits per heavy atom. The lowest BCUT2D eigenvalue weighted by atomic mass is 10.2. The fraction of sp³-hybridized carbons (Fsp3) is 0.235. The minimum absolute atomic E-state index is 0.0392. The third-order valence-electron chi connectivity index (χ3n) is 3.07. The highest BCUT2D eigenvalue weighted by Crippen LogP contribution is 2.19. The van der Waals surface area contributed by atoms with Gasteiger partial charge in [-0.1, -0.05) is 0 Å². The van der Waals surface area contributed by atoms with E-state index < -0.39 is 24.0 Å². The summed E-state index contributed by atoms with van der Waals surface area (Å²) in [4.78, 5) is 25.6. The third-order valence-corrected chi connectivity index (χ3v) is 3.07. The molecule has 2 rings (SSSR count). The van der Waals surface area contributed by atoms with Crippen LogP contribution in [0.3, 0.4) is 0 Å². The van der Waals surface area contributed by atoms with Crippen molar-refractivity contribution >= 4 is 5.78 Å². The highest BCUT2D eigenvalue weighted by atomic mass is 19.4. The standard InChI is InChI=1S/C17H16F3N3O3/c1-22(2)9-7-14(24)16-15(25)8-10-23(21-16)12-3-5-13(6-4-12)26-11-17(18,19)20/h3-10H,11H2,1-2H3. The molecule has 0 aliphatic heterocycles. The van der Waals surface area contributed by atoms with Gasteiger partial charge in [0.25, 0.3) is 0 Å². The van der Waals surface area contributed by atoms with Crippen molar-refractivity contribution in [2.45, 2.75) is 6.18 Å². The first-order valence-electron chi connectivity index (χ1n) is 7.44. The van der Waals surface area contributed by atoms with Gasteiger partial charge in [0, 0.05) is 38.6 Å². The molecule has 9 heteroatoms. The van der Waals surface area contributed by atoms with Gasteiger partial charge in [-0.25, -0.2) is 4.68 Å². The SMILES string of the molecule is CN(C)C=CC(=O)c1nn(-c2ccc(OCC(F)(F)F)cc2)ccc1=O. The maximum absolute atomic E-state index is 12.1. The Labute approximate surface area is 147 Å². The van der Waals surface area contributed by atoms with Crippen LogP contribution in [0.5, 0.6) is 5.75 Å². The van der Waals surface area contributed by atoms with Gasteiger partial charge in [-0.3, -0.25) is 9.59 Å². The highest BCUT2D eigenvalue weighted by molar-refractivity contribution is 6.02. The van der Waals surface area contributed by atoms with Gasteiger partial charge >= 0.3 is 6.18 Å². The van der Waals surface area contributed by atoms with Gasteiger partial charge < -0.3 is 9.64 Å². The third kappa shape index (κ3) is 5.47. The van der Waals surface area contributed by atoms with E-state index >= 15 is 0 Å². The molecule has 0 bridgehead atoms. The first-order valence-corrected chi connectivity index (χ1v) is 7.44. The molecule has 1 aromatic carbocycles. The van der Waals surface area contributed by atoms with Crippen LogP contribution in [0.4, 0.5) is 13.2 Å². The summed E-state index contributed by atoms with van der Waals surface area (Å²) in [5.74, 6) is -0.513. The lowest BCUT2D eigenvalue weighted by Crippen LogP contribution is -2.20. The quantitative estimate of drug-likeness (QED) is 0.580. The zero-order chi connectivity index (χ0) is 19.3. The molecule has 1 heterocycles. The topological polar surface area (TPSA) is 64.4 Å². The average molecular weight is 367 g/mol. The normalized spacial score (nSPS) is 11.6. The Morgan fingerprint density at radius 3 is 2.46 bits per heavy atom. The Balaban J connectivity index is 2.22. The van der Waals surface area contributed by atoms with Crippen molar-refractivity contribution in [3.05, 3.63) is 64.7 Å². The second-order valence-electron chi connectivity index (χ2n) is 5.51. The molecule has 2 aromatic rings. The van der Waals surface area contributed by atoms with E-state index in [4.69, 9.17) is 0 Å².